The molecule has 18 heavy (non-hydrogen) atoms. The molecule has 0 unspecified atom stereocenters. The van der Waals surface area contributed by atoms with E-state index >= 15 is 0 Å². The van der Waals surface area contributed by atoms with E-state index in [-0.39, 0.29) is 5.75 Å². The summed E-state index contributed by atoms with van der Waals surface area (Å²) in [6, 6.07) is 3.84. The minimum atomic E-state index is 0.173. The van der Waals surface area contributed by atoms with Crippen molar-refractivity contribution in [1.82, 2.24) is 4.90 Å². The second-order valence-electron chi connectivity index (χ2n) is 4.95. The summed E-state index contributed by atoms with van der Waals surface area (Å²) in [7, 11) is 2.10. The second kappa shape index (κ2) is 7.00. The lowest BCUT2D eigenvalue weighted by Gasteiger charge is -2.20. The average molecular weight is 316 g/mol. The molecular weight excluding hydrogens is 294 g/mol. The van der Waals surface area contributed by atoms with Crippen LogP contribution >= 0.6 is 15.9 Å². The highest BCUT2D eigenvalue weighted by Gasteiger charge is 2.11. The van der Waals surface area contributed by atoms with Crippen LogP contribution in [0.5, 0.6) is 11.5 Å². The Morgan fingerprint density at radius 2 is 2.06 bits per heavy atom. The Labute approximate surface area is 118 Å². The van der Waals surface area contributed by atoms with Gasteiger partial charge in [0.05, 0.1) is 11.1 Å². The number of halogens is 1. The van der Waals surface area contributed by atoms with Crippen LogP contribution in [-0.2, 0) is 6.54 Å². The molecule has 0 aliphatic rings. The molecule has 0 aliphatic heterocycles. The van der Waals surface area contributed by atoms with Gasteiger partial charge in [0, 0.05) is 13.1 Å². The highest BCUT2D eigenvalue weighted by atomic mass is 79.9. The lowest BCUT2D eigenvalue weighted by Crippen LogP contribution is -2.22. The van der Waals surface area contributed by atoms with Gasteiger partial charge < -0.3 is 14.7 Å². The van der Waals surface area contributed by atoms with Crippen molar-refractivity contribution in [3.63, 3.8) is 0 Å². The fraction of sp³-hybridized carbons (Fsp3) is 0.571. The number of ether oxygens (including phenoxy) is 1. The monoisotopic (exact) mass is 315 g/mol. The van der Waals surface area contributed by atoms with Crippen LogP contribution in [0, 0.1) is 5.92 Å². The summed E-state index contributed by atoms with van der Waals surface area (Å²) in [4.78, 5) is 2.26. The molecule has 102 valence electrons. The van der Waals surface area contributed by atoms with E-state index < -0.39 is 0 Å². The van der Waals surface area contributed by atoms with Crippen LogP contribution in [0.15, 0.2) is 16.6 Å². The molecule has 0 aliphatic carbocycles. The standard InChI is InChI=1S/C14H22BrNO2/c1-5-18-13-7-11(6-12(15)14(13)17)9-16(4)8-10(2)3/h6-7,10,17H,5,8-9H2,1-4H3. The van der Waals surface area contributed by atoms with Gasteiger partial charge in [-0.15, -0.1) is 0 Å². The van der Waals surface area contributed by atoms with E-state index in [2.05, 4.69) is 41.7 Å². The predicted molar refractivity (Wildman–Crippen MR) is 78.1 cm³/mol. The summed E-state index contributed by atoms with van der Waals surface area (Å²) in [6.45, 7) is 8.75. The van der Waals surface area contributed by atoms with Crippen molar-refractivity contribution in [3.8, 4) is 11.5 Å². The van der Waals surface area contributed by atoms with E-state index in [0.717, 1.165) is 18.7 Å². The van der Waals surface area contributed by atoms with E-state index in [1.807, 2.05) is 19.1 Å². The van der Waals surface area contributed by atoms with E-state index in [9.17, 15) is 5.11 Å². The van der Waals surface area contributed by atoms with Crippen LogP contribution in [0.3, 0.4) is 0 Å². The number of benzene rings is 1. The van der Waals surface area contributed by atoms with Gasteiger partial charge in [0.1, 0.15) is 0 Å². The molecule has 0 saturated carbocycles. The van der Waals surface area contributed by atoms with E-state index in [4.69, 9.17) is 4.74 Å². The Balaban J connectivity index is 2.83. The molecule has 1 aromatic carbocycles. The number of hydrogen-bond acceptors (Lipinski definition) is 3. The van der Waals surface area contributed by atoms with Crippen LogP contribution in [0.25, 0.3) is 0 Å². The summed E-state index contributed by atoms with van der Waals surface area (Å²) in [5.41, 5.74) is 1.13. The molecule has 0 spiro atoms. The van der Waals surface area contributed by atoms with Crippen molar-refractivity contribution in [2.45, 2.75) is 27.3 Å². The zero-order valence-corrected chi connectivity index (χ0v) is 13.1. The summed E-state index contributed by atoms with van der Waals surface area (Å²) in [5.74, 6) is 1.36. The molecule has 4 heteroatoms. The van der Waals surface area contributed by atoms with Gasteiger partial charge in [-0.25, -0.2) is 0 Å². The summed E-state index contributed by atoms with van der Waals surface area (Å²) >= 11 is 3.36. The summed E-state index contributed by atoms with van der Waals surface area (Å²) < 4.78 is 6.10. The molecule has 0 atom stereocenters. The van der Waals surface area contributed by atoms with Crippen LogP contribution < -0.4 is 4.74 Å². The van der Waals surface area contributed by atoms with Crippen LogP contribution in [0.2, 0.25) is 0 Å². The Kier molecular flexibility index (Phi) is 5.96. The van der Waals surface area contributed by atoms with Gasteiger partial charge in [-0.2, -0.15) is 0 Å². The molecule has 0 heterocycles. The molecule has 1 aromatic rings. The summed E-state index contributed by atoms with van der Waals surface area (Å²) in [5, 5.41) is 9.85. The Bertz CT molecular complexity index is 394. The van der Waals surface area contributed by atoms with E-state index in [0.29, 0.717) is 22.7 Å². The SMILES string of the molecule is CCOc1cc(CN(C)CC(C)C)cc(Br)c1O. The van der Waals surface area contributed by atoms with Gasteiger partial charge in [0.15, 0.2) is 11.5 Å². The van der Waals surface area contributed by atoms with Crippen molar-refractivity contribution in [1.29, 1.82) is 0 Å². The van der Waals surface area contributed by atoms with Crippen molar-refractivity contribution >= 4 is 15.9 Å². The molecule has 0 amide bonds. The highest BCUT2D eigenvalue weighted by Crippen LogP contribution is 2.35. The zero-order valence-electron chi connectivity index (χ0n) is 11.5. The van der Waals surface area contributed by atoms with Crippen LogP contribution in [-0.4, -0.2) is 30.2 Å². The molecule has 1 N–H and O–H groups in total. The first kappa shape index (κ1) is 15.3. The molecule has 1 rings (SSSR count). The number of hydrogen-bond donors (Lipinski definition) is 1. The first-order chi connectivity index (χ1) is 8.43. The normalized spacial score (nSPS) is 11.3. The van der Waals surface area contributed by atoms with Gasteiger partial charge in [0.2, 0.25) is 0 Å². The lowest BCUT2D eigenvalue weighted by atomic mass is 10.1. The molecule has 0 saturated heterocycles. The van der Waals surface area contributed by atoms with Gasteiger partial charge >= 0.3 is 0 Å². The number of nitrogens with zero attached hydrogens (tertiary/aromatic N) is 1. The van der Waals surface area contributed by atoms with Crippen LogP contribution in [0.1, 0.15) is 26.3 Å². The summed E-state index contributed by atoms with van der Waals surface area (Å²) in [6.07, 6.45) is 0. The van der Waals surface area contributed by atoms with Crippen molar-refractivity contribution in [2.24, 2.45) is 5.92 Å². The van der Waals surface area contributed by atoms with Crippen molar-refractivity contribution < 1.29 is 9.84 Å². The van der Waals surface area contributed by atoms with Gasteiger partial charge in [-0.1, -0.05) is 13.8 Å². The van der Waals surface area contributed by atoms with Crippen LogP contribution in [0.4, 0.5) is 0 Å². The smallest absolute Gasteiger partial charge is 0.172 e. The number of rotatable bonds is 6. The largest absolute Gasteiger partial charge is 0.503 e. The molecule has 0 bridgehead atoms. The minimum Gasteiger partial charge on any atom is -0.503 e. The first-order valence-electron chi connectivity index (χ1n) is 6.26. The zero-order chi connectivity index (χ0) is 13.7. The number of phenols is 1. The Morgan fingerprint density at radius 3 is 2.61 bits per heavy atom. The Morgan fingerprint density at radius 1 is 1.39 bits per heavy atom. The average Bonchev–Trinajstić information content (AvgIpc) is 2.24. The van der Waals surface area contributed by atoms with Gasteiger partial charge in [0.25, 0.3) is 0 Å². The third kappa shape index (κ3) is 4.50. The minimum absolute atomic E-state index is 0.173. The second-order valence-corrected chi connectivity index (χ2v) is 5.80. The quantitative estimate of drug-likeness (QED) is 0.870. The van der Waals surface area contributed by atoms with Gasteiger partial charge in [-0.3, -0.25) is 0 Å². The maximum Gasteiger partial charge on any atom is 0.172 e. The molecular formula is C14H22BrNO2. The van der Waals surface area contributed by atoms with Crippen molar-refractivity contribution in [3.05, 3.63) is 22.2 Å². The maximum atomic E-state index is 9.85. The van der Waals surface area contributed by atoms with Crippen molar-refractivity contribution in [2.75, 3.05) is 20.2 Å². The topological polar surface area (TPSA) is 32.7 Å². The fourth-order valence-electron chi connectivity index (χ4n) is 1.98. The Hall–Kier alpha value is -0.740. The molecule has 0 fully saturated rings. The van der Waals surface area contributed by atoms with E-state index in [1.165, 1.54) is 0 Å². The lowest BCUT2D eigenvalue weighted by molar-refractivity contribution is 0.285. The highest BCUT2D eigenvalue weighted by molar-refractivity contribution is 9.10. The molecule has 0 radical (unpaired) electrons. The van der Waals surface area contributed by atoms with Gasteiger partial charge in [-0.05, 0) is 53.5 Å². The number of aromatic hydroxyl groups is 1. The third-order valence-electron chi connectivity index (χ3n) is 2.52. The molecule has 0 aromatic heterocycles. The third-order valence-corrected chi connectivity index (χ3v) is 3.12. The van der Waals surface area contributed by atoms with E-state index in [1.54, 1.807) is 0 Å². The fourth-order valence-corrected chi connectivity index (χ4v) is 2.47. The maximum absolute atomic E-state index is 9.85. The number of phenolic OH excluding ortho intramolecular Hbond substituents is 1. The predicted octanol–water partition coefficient (Wildman–Crippen LogP) is 3.64. The molecule has 3 nitrogen and oxygen atoms in total. The first-order valence-corrected chi connectivity index (χ1v) is 7.06.